The van der Waals surface area contributed by atoms with Crippen molar-refractivity contribution >= 4 is 5.91 Å². The first-order valence-electron chi connectivity index (χ1n) is 6.61. The molecular weight excluding hydrogens is 202 g/mol. The minimum absolute atomic E-state index is 0.0296. The Labute approximate surface area is 96.6 Å². The second kappa shape index (κ2) is 3.73. The molecule has 1 amide bonds. The number of aliphatic hydroxyl groups is 1. The van der Waals surface area contributed by atoms with E-state index < -0.39 is 0 Å². The van der Waals surface area contributed by atoms with E-state index in [1.165, 1.54) is 38.5 Å². The zero-order valence-corrected chi connectivity index (χ0v) is 9.74. The minimum atomic E-state index is -0.0296. The van der Waals surface area contributed by atoms with Crippen LogP contribution in [0.4, 0.5) is 0 Å². The normalized spacial score (nSPS) is 44.7. The van der Waals surface area contributed by atoms with Crippen molar-refractivity contribution in [2.75, 3.05) is 6.61 Å². The largest absolute Gasteiger partial charge is 0.396 e. The van der Waals surface area contributed by atoms with Crippen molar-refractivity contribution in [2.24, 2.45) is 17.8 Å². The molecule has 90 valence electrons. The lowest BCUT2D eigenvalue weighted by atomic mass is 9.53. The number of hydrogen-bond acceptors (Lipinski definition) is 2. The van der Waals surface area contributed by atoms with E-state index in [0.29, 0.717) is 0 Å². The van der Waals surface area contributed by atoms with E-state index in [1.54, 1.807) is 0 Å². The quantitative estimate of drug-likeness (QED) is 0.761. The summed E-state index contributed by atoms with van der Waals surface area (Å²) in [5, 5.41) is 12.0. The summed E-state index contributed by atoms with van der Waals surface area (Å²) < 4.78 is 0. The van der Waals surface area contributed by atoms with Crippen LogP contribution >= 0.6 is 0 Å². The van der Waals surface area contributed by atoms with Gasteiger partial charge in [0.1, 0.15) is 0 Å². The molecule has 4 aliphatic rings. The highest BCUT2D eigenvalue weighted by molar-refractivity contribution is 5.77. The molecule has 4 saturated carbocycles. The van der Waals surface area contributed by atoms with Crippen molar-refractivity contribution in [1.29, 1.82) is 0 Å². The van der Waals surface area contributed by atoms with Crippen LogP contribution in [0.2, 0.25) is 0 Å². The Hall–Kier alpha value is -0.570. The third-order valence-corrected chi connectivity index (χ3v) is 4.78. The number of aliphatic hydroxyl groups excluding tert-OH is 1. The summed E-state index contributed by atoms with van der Waals surface area (Å²) in [6, 6.07) is 0. The summed E-state index contributed by atoms with van der Waals surface area (Å²) in [5.41, 5.74) is 0.112. The lowest BCUT2D eigenvalue weighted by Crippen LogP contribution is -2.59. The molecule has 0 aromatic carbocycles. The van der Waals surface area contributed by atoms with Crippen LogP contribution in [0, 0.1) is 17.8 Å². The van der Waals surface area contributed by atoms with Crippen LogP contribution in [0.3, 0.4) is 0 Å². The van der Waals surface area contributed by atoms with Crippen molar-refractivity contribution in [3.8, 4) is 0 Å². The monoisotopic (exact) mass is 223 g/mol. The van der Waals surface area contributed by atoms with Gasteiger partial charge in [-0.15, -0.1) is 0 Å². The molecule has 0 aromatic rings. The van der Waals surface area contributed by atoms with Gasteiger partial charge in [0.25, 0.3) is 0 Å². The van der Waals surface area contributed by atoms with Gasteiger partial charge in [-0.3, -0.25) is 4.79 Å². The molecule has 0 unspecified atom stereocenters. The highest BCUT2D eigenvalue weighted by atomic mass is 16.3. The average molecular weight is 223 g/mol. The molecule has 3 heteroatoms. The Kier molecular flexibility index (Phi) is 2.46. The number of hydrogen-bond donors (Lipinski definition) is 2. The maximum atomic E-state index is 11.7. The second-order valence-corrected chi connectivity index (χ2v) is 6.22. The van der Waals surface area contributed by atoms with Gasteiger partial charge in [-0.25, -0.2) is 0 Å². The Balaban J connectivity index is 1.71. The van der Waals surface area contributed by atoms with Gasteiger partial charge in [0, 0.05) is 12.0 Å². The second-order valence-electron chi connectivity index (χ2n) is 6.22. The molecule has 4 rings (SSSR count). The molecule has 16 heavy (non-hydrogen) atoms. The third-order valence-electron chi connectivity index (χ3n) is 4.78. The lowest BCUT2D eigenvalue weighted by molar-refractivity contribution is -0.127. The summed E-state index contributed by atoms with van der Waals surface area (Å²) in [5.74, 6) is 2.63. The SMILES string of the molecule is O=C(CCO)NC12CC3CC(CC(C3)C1)C2. The first kappa shape index (κ1) is 10.6. The van der Waals surface area contributed by atoms with Gasteiger partial charge in [-0.05, 0) is 56.3 Å². The average Bonchev–Trinajstić information content (AvgIpc) is 2.13. The third kappa shape index (κ3) is 1.75. The number of nitrogens with one attached hydrogen (secondary N) is 1. The predicted octanol–water partition coefficient (Wildman–Crippen LogP) is 1.45. The molecule has 3 nitrogen and oxygen atoms in total. The van der Waals surface area contributed by atoms with E-state index >= 15 is 0 Å². The van der Waals surface area contributed by atoms with Crippen LogP contribution in [0.1, 0.15) is 44.9 Å². The fraction of sp³-hybridized carbons (Fsp3) is 0.923. The maximum Gasteiger partial charge on any atom is 0.222 e. The van der Waals surface area contributed by atoms with Crippen molar-refractivity contribution in [3.05, 3.63) is 0 Å². The summed E-state index contributed by atoms with van der Waals surface area (Å²) in [4.78, 5) is 11.7. The Morgan fingerprint density at radius 3 is 2.06 bits per heavy atom. The highest BCUT2D eigenvalue weighted by Crippen LogP contribution is 2.55. The molecule has 0 radical (unpaired) electrons. The molecule has 0 saturated heterocycles. The maximum absolute atomic E-state index is 11.7. The fourth-order valence-corrected chi connectivity index (χ4v) is 4.72. The Morgan fingerprint density at radius 2 is 1.62 bits per heavy atom. The molecule has 2 N–H and O–H groups in total. The van der Waals surface area contributed by atoms with Gasteiger partial charge in [-0.1, -0.05) is 0 Å². The van der Waals surface area contributed by atoms with Crippen LogP contribution in [-0.2, 0) is 4.79 Å². The summed E-state index contributed by atoms with van der Waals surface area (Å²) in [6.07, 6.45) is 8.03. The van der Waals surface area contributed by atoms with Crippen molar-refractivity contribution in [3.63, 3.8) is 0 Å². The number of rotatable bonds is 3. The highest BCUT2D eigenvalue weighted by Gasteiger charge is 2.51. The Morgan fingerprint density at radius 1 is 1.12 bits per heavy atom. The zero-order chi connectivity index (χ0) is 11.2. The molecule has 0 heterocycles. The van der Waals surface area contributed by atoms with Crippen molar-refractivity contribution in [1.82, 2.24) is 5.32 Å². The van der Waals surface area contributed by atoms with E-state index in [-0.39, 0.29) is 24.5 Å². The molecule has 0 aliphatic heterocycles. The van der Waals surface area contributed by atoms with Gasteiger partial charge in [-0.2, -0.15) is 0 Å². The predicted molar refractivity (Wildman–Crippen MR) is 60.7 cm³/mol. The zero-order valence-electron chi connectivity index (χ0n) is 9.74. The van der Waals surface area contributed by atoms with E-state index in [9.17, 15) is 4.79 Å². The van der Waals surface area contributed by atoms with Crippen LogP contribution in [0.15, 0.2) is 0 Å². The van der Waals surface area contributed by atoms with E-state index in [2.05, 4.69) is 5.32 Å². The molecule has 4 bridgehead atoms. The molecule has 0 spiro atoms. The van der Waals surface area contributed by atoms with E-state index in [0.717, 1.165) is 17.8 Å². The molecule has 0 aromatic heterocycles. The summed E-state index contributed by atoms with van der Waals surface area (Å²) in [6.45, 7) is -0.0296. The van der Waals surface area contributed by atoms with Crippen LogP contribution in [0.25, 0.3) is 0 Å². The molecular formula is C13H21NO2. The molecule has 4 fully saturated rings. The summed E-state index contributed by atoms with van der Waals surface area (Å²) in [7, 11) is 0. The number of carbonyl (C=O) groups excluding carboxylic acids is 1. The first-order chi connectivity index (χ1) is 7.69. The van der Waals surface area contributed by atoms with Crippen LogP contribution < -0.4 is 5.32 Å². The van der Waals surface area contributed by atoms with Gasteiger partial charge in [0.15, 0.2) is 0 Å². The van der Waals surface area contributed by atoms with Gasteiger partial charge in [0.2, 0.25) is 5.91 Å². The van der Waals surface area contributed by atoms with E-state index in [4.69, 9.17) is 5.11 Å². The van der Waals surface area contributed by atoms with Crippen LogP contribution in [0.5, 0.6) is 0 Å². The standard InChI is InChI=1S/C13H21NO2/c15-2-1-12(16)14-13-6-9-3-10(7-13)5-11(4-9)8-13/h9-11,15H,1-8H2,(H,14,16). The lowest BCUT2D eigenvalue weighted by Gasteiger charge is -2.56. The minimum Gasteiger partial charge on any atom is -0.396 e. The molecule has 0 atom stereocenters. The fourth-order valence-electron chi connectivity index (χ4n) is 4.72. The topological polar surface area (TPSA) is 49.3 Å². The van der Waals surface area contributed by atoms with Gasteiger partial charge < -0.3 is 10.4 Å². The Bertz CT molecular complexity index is 265. The smallest absolute Gasteiger partial charge is 0.222 e. The van der Waals surface area contributed by atoms with Crippen LogP contribution in [-0.4, -0.2) is 23.2 Å². The van der Waals surface area contributed by atoms with Crippen molar-refractivity contribution in [2.45, 2.75) is 50.5 Å². The number of amides is 1. The van der Waals surface area contributed by atoms with Crippen molar-refractivity contribution < 1.29 is 9.90 Å². The van der Waals surface area contributed by atoms with E-state index in [1.807, 2.05) is 0 Å². The number of carbonyl (C=O) groups is 1. The first-order valence-corrected chi connectivity index (χ1v) is 6.61. The molecule has 4 aliphatic carbocycles. The van der Waals surface area contributed by atoms with Gasteiger partial charge >= 0.3 is 0 Å². The van der Waals surface area contributed by atoms with Gasteiger partial charge in [0.05, 0.1) is 6.61 Å². The summed E-state index contributed by atoms with van der Waals surface area (Å²) >= 11 is 0.